The van der Waals surface area contributed by atoms with Gasteiger partial charge < -0.3 is 33.8 Å². The van der Waals surface area contributed by atoms with E-state index in [2.05, 4.69) is 48.5 Å². The Morgan fingerprint density at radius 2 is 0.537 bits per heavy atom. The van der Waals surface area contributed by atoms with E-state index >= 15 is 0 Å². The Kier molecular flexibility index (Phi) is 65.2. The lowest BCUT2D eigenvalue weighted by Crippen LogP contribution is -2.30. The molecule has 0 aromatic carbocycles. The summed E-state index contributed by atoms with van der Waals surface area (Å²) in [6, 6.07) is 0. The summed E-state index contributed by atoms with van der Waals surface area (Å²) in [4.78, 5) is 72.8. The molecule has 0 bridgehead atoms. The van der Waals surface area contributed by atoms with Gasteiger partial charge in [-0.05, 0) is 43.4 Å². The number of phosphoric ester groups is 2. The van der Waals surface area contributed by atoms with Crippen molar-refractivity contribution in [2.75, 3.05) is 39.6 Å². The van der Waals surface area contributed by atoms with Crippen LogP contribution in [0.25, 0.3) is 0 Å². The molecule has 564 valence electrons. The van der Waals surface area contributed by atoms with Crippen molar-refractivity contribution < 1.29 is 80.2 Å². The molecule has 0 aromatic rings. The van der Waals surface area contributed by atoms with Crippen LogP contribution in [0.15, 0.2) is 0 Å². The Hall–Kier alpha value is -1.94. The van der Waals surface area contributed by atoms with Crippen LogP contribution in [0.1, 0.15) is 389 Å². The van der Waals surface area contributed by atoms with E-state index in [0.717, 1.165) is 108 Å². The van der Waals surface area contributed by atoms with E-state index in [1.54, 1.807) is 0 Å². The zero-order valence-corrected chi connectivity index (χ0v) is 63.9. The quantitative estimate of drug-likeness (QED) is 0.0222. The summed E-state index contributed by atoms with van der Waals surface area (Å²) in [5.41, 5.74) is 0. The van der Waals surface area contributed by atoms with Crippen molar-refractivity contribution in [3.05, 3.63) is 0 Å². The Balaban J connectivity index is 5.24. The number of rotatable bonds is 74. The molecule has 17 nitrogen and oxygen atoms in total. The van der Waals surface area contributed by atoms with Gasteiger partial charge in [0.2, 0.25) is 0 Å². The minimum absolute atomic E-state index is 0.105. The van der Waals surface area contributed by atoms with Crippen LogP contribution in [-0.4, -0.2) is 96.7 Å². The average Bonchev–Trinajstić information content (AvgIpc) is 1.82. The summed E-state index contributed by atoms with van der Waals surface area (Å²) in [6.45, 7) is 11.9. The van der Waals surface area contributed by atoms with Crippen LogP contribution in [0.5, 0.6) is 0 Å². The minimum atomic E-state index is -4.96. The van der Waals surface area contributed by atoms with Gasteiger partial charge in [-0.1, -0.05) is 337 Å². The van der Waals surface area contributed by atoms with E-state index in [0.29, 0.717) is 25.7 Å². The van der Waals surface area contributed by atoms with E-state index in [4.69, 9.17) is 37.0 Å². The van der Waals surface area contributed by atoms with Gasteiger partial charge in [0.25, 0.3) is 0 Å². The largest absolute Gasteiger partial charge is 0.472 e. The van der Waals surface area contributed by atoms with Gasteiger partial charge >= 0.3 is 39.5 Å². The molecule has 0 amide bonds. The van der Waals surface area contributed by atoms with Gasteiger partial charge in [0.05, 0.1) is 26.4 Å². The Morgan fingerprint density at radius 3 is 0.800 bits per heavy atom. The Bertz CT molecular complexity index is 1850. The fourth-order valence-electron chi connectivity index (χ4n) is 11.6. The number of unbranched alkanes of at least 4 members (excludes halogenated alkanes) is 41. The first kappa shape index (κ1) is 93.1. The molecule has 0 aliphatic carbocycles. The molecule has 0 heterocycles. The van der Waals surface area contributed by atoms with E-state index < -0.39 is 97.5 Å². The second-order valence-electron chi connectivity index (χ2n) is 28.6. The second kappa shape index (κ2) is 66.6. The van der Waals surface area contributed by atoms with Gasteiger partial charge in [-0.25, -0.2) is 9.13 Å². The van der Waals surface area contributed by atoms with Gasteiger partial charge in [-0.3, -0.25) is 37.3 Å². The number of esters is 4. The molecule has 0 fully saturated rings. The molecule has 95 heavy (non-hydrogen) atoms. The van der Waals surface area contributed by atoms with E-state index in [9.17, 15) is 43.2 Å². The van der Waals surface area contributed by atoms with Crippen molar-refractivity contribution in [2.24, 2.45) is 17.8 Å². The third-order valence-electron chi connectivity index (χ3n) is 18.0. The number of aliphatic hydroxyl groups excluding tert-OH is 1. The molecule has 0 aliphatic rings. The summed E-state index contributed by atoms with van der Waals surface area (Å²) in [5, 5.41) is 10.6. The molecule has 0 spiro atoms. The number of carbonyl (C=O) groups excluding carboxylic acids is 4. The van der Waals surface area contributed by atoms with Crippen LogP contribution in [0.2, 0.25) is 0 Å². The molecule has 0 radical (unpaired) electrons. The maximum absolute atomic E-state index is 13.1. The van der Waals surface area contributed by atoms with Crippen molar-refractivity contribution in [1.82, 2.24) is 0 Å². The lowest BCUT2D eigenvalue weighted by atomic mass is 9.99. The molecule has 19 heteroatoms. The molecule has 3 unspecified atom stereocenters. The van der Waals surface area contributed by atoms with Gasteiger partial charge in [-0.15, -0.1) is 0 Å². The molecule has 0 aliphatic heterocycles. The predicted octanol–water partition coefficient (Wildman–Crippen LogP) is 22.2. The maximum Gasteiger partial charge on any atom is 0.472 e. The highest BCUT2D eigenvalue weighted by Gasteiger charge is 2.30. The number of carbonyl (C=O) groups is 4. The smallest absolute Gasteiger partial charge is 0.462 e. The van der Waals surface area contributed by atoms with Crippen molar-refractivity contribution >= 4 is 39.5 Å². The summed E-state index contributed by atoms with van der Waals surface area (Å²) in [6.07, 6.45) is 52.6. The topological polar surface area (TPSA) is 237 Å². The summed E-state index contributed by atoms with van der Waals surface area (Å²) < 4.78 is 68.5. The molecule has 0 saturated carbocycles. The molecular weight excluding hydrogens is 1250 g/mol. The molecule has 6 atom stereocenters. The number of hydrogen-bond acceptors (Lipinski definition) is 15. The highest BCUT2D eigenvalue weighted by molar-refractivity contribution is 7.47. The van der Waals surface area contributed by atoms with Crippen molar-refractivity contribution in [1.29, 1.82) is 0 Å². The fraction of sp³-hybridized carbons (Fsp3) is 0.947. The first-order chi connectivity index (χ1) is 45.8. The molecule has 3 N–H and O–H groups in total. The third-order valence-corrected chi connectivity index (χ3v) is 19.9. The fourth-order valence-corrected chi connectivity index (χ4v) is 13.1. The zero-order valence-electron chi connectivity index (χ0n) is 62.1. The molecule has 0 saturated heterocycles. The summed E-state index contributed by atoms with van der Waals surface area (Å²) in [7, 11) is -9.91. The zero-order chi connectivity index (χ0) is 70.1. The van der Waals surface area contributed by atoms with Crippen LogP contribution in [0.4, 0.5) is 0 Å². The third kappa shape index (κ3) is 69.0. The molecule has 0 aromatic heterocycles. The number of hydrogen-bond donors (Lipinski definition) is 3. The lowest BCUT2D eigenvalue weighted by molar-refractivity contribution is -0.161. The van der Waals surface area contributed by atoms with Crippen molar-refractivity contribution in [3.8, 4) is 0 Å². The molecule has 0 rings (SSSR count). The average molecular weight is 1400 g/mol. The Labute approximate surface area is 581 Å². The monoisotopic (exact) mass is 1400 g/mol. The Morgan fingerprint density at radius 1 is 0.305 bits per heavy atom. The lowest BCUT2D eigenvalue weighted by Gasteiger charge is -2.21. The van der Waals surface area contributed by atoms with Gasteiger partial charge in [0.1, 0.15) is 19.3 Å². The van der Waals surface area contributed by atoms with Gasteiger partial charge in [0.15, 0.2) is 12.2 Å². The van der Waals surface area contributed by atoms with Gasteiger partial charge in [0, 0.05) is 25.7 Å². The van der Waals surface area contributed by atoms with Crippen molar-refractivity contribution in [3.63, 3.8) is 0 Å². The van der Waals surface area contributed by atoms with Gasteiger partial charge in [-0.2, -0.15) is 0 Å². The SMILES string of the molecule is CCCCCCCCCCCCCC(=O)OC[C@H](COP(=O)(O)OC[C@H](O)COP(=O)(O)OC[C@@H](COC(=O)CCCCCCCCCCCCC(C)CC)OC(=O)CCCCCCCCCCCCCCCCCCC(C)C)OC(=O)CCCCCCCCCCC(C)C. The first-order valence-corrected chi connectivity index (χ1v) is 42.4. The second-order valence-corrected chi connectivity index (χ2v) is 31.5. The van der Waals surface area contributed by atoms with E-state index in [-0.39, 0.29) is 25.7 Å². The van der Waals surface area contributed by atoms with Crippen LogP contribution in [-0.2, 0) is 65.4 Å². The summed E-state index contributed by atoms with van der Waals surface area (Å²) >= 11 is 0. The van der Waals surface area contributed by atoms with Crippen LogP contribution < -0.4 is 0 Å². The highest BCUT2D eigenvalue weighted by atomic mass is 31.2. The van der Waals surface area contributed by atoms with Crippen LogP contribution in [0.3, 0.4) is 0 Å². The maximum atomic E-state index is 13.1. The standard InChI is InChI=1S/C76H148O17P2/c1-8-10-11-12-13-14-21-28-36-43-50-57-73(78)86-64-72(93-76(81)60-53-46-39-32-31-34-41-48-55-68(5)6)66-91-95(84,85)89-62-70(77)61-88-94(82,83)90-65-71(63-87-74(79)58-51-44-37-29-25-24-27-35-42-49-56-69(7)9-2)92-75(80)59-52-45-38-30-23-20-18-16-15-17-19-22-26-33-40-47-54-67(3)4/h67-72,77H,8-66H2,1-7H3,(H,82,83)(H,84,85)/t69?,70-,71-,72-/m1/s1. The predicted molar refractivity (Wildman–Crippen MR) is 386 cm³/mol. The van der Waals surface area contributed by atoms with E-state index in [1.807, 2.05) is 0 Å². The number of phosphoric acid groups is 2. The highest BCUT2D eigenvalue weighted by Crippen LogP contribution is 2.45. The number of aliphatic hydroxyl groups is 1. The minimum Gasteiger partial charge on any atom is -0.462 e. The first-order valence-electron chi connectivity index (χ1n) is 39.4. The normalized spacial score (nSPS) is 14.4. The van der Waals surface area contributed by atoms with Crippen molar-refractivity contribution in [2.45, 2.75) is 407 Å². The van der Waals surface area contributed by atoms with Crippen LogP contribution in [0, 0.1) is 17.8 Å². The van der Waals surface area contributed by atoms with E-state index in [1.165, 1.54) is 199 Å². The number of ether oxygens (including phenoxy) is 4. The summed E-state index contributed by atoms with van der Waals surface area (Å²) in [5.74, 6) is 0.218. The van der Waals surface area contributed by atoms with Crippen LogP contribution >= 0.6 is 15.6 Å². The molecular formula is C76H148O17P2.